The number of H-pyrrole nitrogens is 1. The van der Waals surface area contributed by atoms with Gasteiger partial charge in [-0.1, -0.05) is 25.5 Å². The quantitative estimate of drug-likeness (QED) is 0.171. The summed E-state index contributed by atoms with van der Waals surface area (Å²) in [6, 6.07) is 1.06. The molecule has 4 aliphatic carbocycles. The summed E-state index contributed by atoms with van der Waals surface area (Å²) in [5, 5.41) is 26.2. The molecule has 292 valence electrons. The summed E-state index contributed by atoms with van der Waals surface area (Å²) in [4.78, 5) is 75.1. The van der Waals surface area contributed by atoms with Gasteiger partial charge in [0.1, 0.15) is 37.3 Å². The number of ketones is 2. The molecule has 1 amide bonds. The molecule has 1 aromatic heterocycles. The number of aromatic amines is 1. The Balaban J connectivity index is 1.17. The first-order valence-electron chi connectivity index (χ1n) is 17.6. The molecule has 53 heavy (non-hydrogen) atoms. The molecule has 1 aliphatic heterocycles. The number of allylic oxidation sites excluding steroid dienone is 4. The van der Waals surface area contributed by atoms with Crippen LogP contribution >= 0.6 is 7.82 Å². The van der Waals surface area contributed by atoms with Gasteiger partial charge < -0.3 is 35.6 Å². The van der Waals surface area contributed by atoms with Gasteiger partial charge in [-0.05, 0) is 56.6 Å². The first-order chi connectivity index (χ1) is 24.8. The third kappa shape index (κ3) is 6.50. The van der Waals surface area contributed by atoms with Gasteiger partial charge in [0, 0.05) is 48.5 Å². The molecule has 6 rings (SSSR count). The number of aliphatic hydroxyl groups excluding tert-OH is 1. The van der Waals surface area contributed by atoms with Gasteiger partial charge in [-0.25, -0.2) is 18.5 Å². The lowest BCUT2D eigenvalue weighted by Crippen LogP contribution is -2.69. The molecule has 0 spiro atoms. The number of halogens is 1. The number of alkyl carbamates (subject to hydrolysis) is 1. The van der Waals surface area contributed by atoms with Crippen LogP contribution in [0.3, 0.4) is 0 Å². The lowest BCUT2D eigenvalue weighted by atomic mass is 9.44. The number of nitrogens with zero attached hydrogens (tertiary/aromatic N) is 1. The summed E-state index contributed by atoms with van der Waals surface area (Å²) >= 11 is 0. The number of carbonyl (C=O) groups excluding carboxylic acids is 3. The van der Waals surface area contributed by atoms with Crippen molar-refractivity contribution in [2.45, 2.75) is 88.7 Å². The van der Waals surface area contributed by atoms with Crippen LogP contribution in [0, 0.1) is 28.6 Å². The zero-order chi connectivity index (χ0) is 38.7. The van der Waals surface area contributed by atoms with Crippen LogP contribution in [0.25, 0.3) is 0 Å². The van der Waals surface area contributed by atoms with Crippen molar-refractivity contribution >= 4 is 25.5 Å². The third-order valence-corrected chi connectivity index (χ3v) is 13.4. The Kier molecular flexibility index (Phi) is 10.4. The molecule has 12 atom stereocenters. The van der Waals surface area contributed by atoms with E-state index < -0.39 is 109 Å². The van der Waals surface area contributed by atoms with E-state index in [0.29, 0.717) is 12.0 Å². The molecule has 1 saturated heterocycles. The topological polar surface area (TPSA) is 259 Å². The van der Waals surface area contributed by atoms with Crippen molar-refractivity contribution in [1.82, 2.24) is 14.9 Å². The number of Topliss-reactive ketones (excluding diaryl/α,β-unsaturated/α-hetero) is 1. The molecular weight excluding hydrogens is 722 g/mol. The van der Waals surface area contributed by atoms with Crippen molar-refractivity contribution in [2.24, 2.45) is 34.3 Å². The average molecular weight is 769 g/mol. The van der Waals surface area contributed by atoms with Gasteiger partial charge in [0.05, 0.1) is 6.10 Å². The Hall–Kier alpha value is -3.35. The number of nitrogens with two attached hydrogens (primary N) is 1. The maximum absolute atomic E-state index is 17.5. The van der Waals surface area contributed by atoms with E-state index in [2.05, 4.69) is 10.3 Å². The lowest BCUT2D eigenvalue weighted by Gasteiger charge is -2.62. The molecule has 4 fully saturated rings. The molecule has 0 bridgehead atoms. The summed E-state index contributed by atoms with van der Waals surface area (Å²) in [6.45, 7) is 3.54. The predicted molar refractivity (Wildman–Crippen MR) is 182 cm³/mol. The van der Waals surface area contributed by atoms with Crippen molar-refractivity contribution < 1.29 is 57.0 Å². The molecule has 19 heteroatoms. The fraction of sp³-hybridized carbons (Fsp3) is 0.676. The van der Waals surface area contributed by atoms with Gasteiger partial charge in [0.2, 0.25) is 0 Å². The minimum Gasteiger partial charge on any atom is -0.447 e. The Morgan fingerprint density at radius 1 is 1.23 bits per heavy atom. The van der Waals surface area contributed by atoms with E-state index in [1.54, 1.807) is 20.8 Å². The summed E-state index contributed by atoms with van der Waals surface area (Å²) in [7, 11) is -5.14. The monoisotopic (exact) mass is 768 g/mol. The van der Waals surface area contributed by atoms with Crippen LogP contribution in [0.1, 0.15) is 59.1 Å². The number of carbonyl (C=O) groups is 3. The second-order valence-electron chi connectivity index (χ2n) is 15.2. The van der Waals surface area contributed by atoms with E-state index in [9.17, 15) is 43.6 Å². The largest absolute Gasteiger partial charge is 0.472 e. The first kappa shape index (κ1) is 39.3. The number of alkyl halides is 1. The van der Waals surface area contributed by atoms with Crippen LogP contribution in [-0.4, -0.2) is 98.2 Å². The summed E-state index contributed by atoms with van der Waals surface area (Å²) in [5.41, 5.74) is -2.56. The fourth-order valence-electron chi connectivity index (χ4n) is 9.76. The number of aromatic nitrogens is 2. The highest BCUT2D eigenvalue weighted by molar-refractivity contribution is 7.47. The lowest BCUT2D eigenvalue weighted by molar-refractivity contribution is -0.219. The molecule has 2 heterocycles. The van der Waals surface area contributed by atoms with Crippen LogP contribution in [0.4, 0.5) is 9.18 Å². The molecule has 0 radical (unpaired) electrons. The molecule has 1 aromatic rings. The van der Waals surface area contributed by atoms with Crippen LogP contribution in [0.2, 0.25) is 0 Å². The maximum atomic E-state index is 17.5. The molecular formula is C34H46FN4O13P. The van der Waals surface area contributed by atoms with E-state index in [0.717, 1.165) is 16.8 Å². The normalized spacial score (nSPS) is 40.0. The SMILES string of the molecule is C[C@@H]1C[C@H]2[C@@H]3CCC4=CC(=O)C=C[C@]4(C)[C@@]3(F)[C@@H](O)C[C@]2(C)[C@@]1(O)C(=O)COP(=O)(O)O[C@@H]1C[C@H](n2ccc(=O)[nH]c2=O)O[C@@H]1COC(=O)NCCN. The van der Waals surface area contributed by atoms with E-state index >= 15 is 4.39 Å². The molecule has 1 unspecified atom stereocenters. The van der Waals surface area contributed by atoms with Gasteiger partial charge in [-0.2, -0.15) is 0 Å². The van der Waals surface area contributed by atoms with E-state index in [1.807, 2.05) is 0 Å². The number of nitrogens with one attached hydrogen (secondary N) is 2. The van der Waals surface area contributed by atoms with Gasteiger partial charge in [-0.15, -0.1) is 0 Å². The van der Waals surface area contributed by atoms with Crippen LogP contribution in [-0.2, 0) is 32.7 Å². The fourth-order valence-corrected chi connectivity index (χ4v) is 10.7. The maximum Gasteiger partial charge on any atom is 0.472 e. The minimum absolute atomic E-state index is 0.101. The number of phosphoric ester groups is 1. The number of fused-ring (bicyclic) bond motifs is 5. The molecule has 0 aromatic carbocycles. The predicted octanol–water partition coefficient (Wildman–Crippen LogP) is 0.928. The average Bonchev–Trinajstić information content (AvgIpc) is 3.57. The number of amides is 1. The summed E-state index contributed by atoms with van der Waals surface area (Å²) in [6.07, 6.45) is -0.498. The Morgan fingerprint density at radius 2 is 1.96 bits per heavy atom. The van der Waals surface area contributed by atoms with Crippen molar-refractivity contribution in [3.8, 4) is 0 Å². The molecule has 17 nitrogen and oxygen atoms in total. The van der Waals surface area contributed by atoms with Gasteiger partial charge >= 0.3 is 19.6 Å². The number of hydrogen-bond donors (Lipinski definition) is 6. The Bertz CT molecular complexity index is 1890. The number of rotatable bonds is 11. The minimum atomic E-state index is -5.14. The Labute approximate surface area is 303 Å². The van der Waals surface area contributed by atoms with Crippen molar-refractivity contribution in [1.29, 1.82) is 0 Å². The summed E-state index contributed by atoms with van der Waals surface area (Å²) < 4.78 is 53.3. The van der Waals surface area contributed by atoms with Gasteiger partial charge in [-0.3, -0.25) is 33.0 Å². The Morgan fingerprint density at radius 3 is 2.66 bits per heavy atom. The van der Waals surface area contributed by atoms with Crippen LogP contribution in [0.15, 0.2) is 45.7 Å². The van der Waals surface area contributed by atoms with E-state index in [1.165, 1.54) is 18.2 Å². The van der Waals surface area contributed by atoms with Crippen molar-refractivity contribution in [2.75, 3.05) is 26.3 Å². The first-order valence-corrected chi connectivity index (χ1v) is 19.1. The number of phosphoric acid groups is 1. The number of aliphatic hydroxyl groups is 2. The smallest absolute Gasteiger partial charge is 0.447 e. The molecule has 5 aliphatic rings. The zero-order valence-corrected chi connectivity index (χ0v) is 30.5. The van der Waals surface area contributed by atoms with Crippen LogP contribution in [0.5, 0.6) is 0 Å². The highest BCUT2D eigenvalue weighted by Crippen LogP contribution is 2.70. The van der Waals surface area contributed by atoms with Crippen molar-refractivity contribution in [3.63, 3.8) is 0 Å². The van der Waals surface area contributed by atoms with Gasteiger partial charge in [0.15, 0.2) is 17.2 Å². The van der Waals surface area contributed by atoms with Gasteiger partial charge in [0.25, 0.3) is 5.56 Å². The summed E-state index contributed by atoms with van der Waals surface area (Å²) in [5.74, 6) is -3.34. The zero-order valence-electron chi connectivity index (χ0n) is 29.6. The second-order valence-corrected chi connectivity index (χ2v) is 16.6. The van der Waals surface area contributed by atoms with E-state index in [4.69, 9.17) is 24.3 Å². The standard InChI is InChI=1S/C34H46FN4O13P/c1-18-12-22-21-5-4-19-13-20(40)6-8-31(19,2)33(21,35)25(41)15-32(22,3)34(18,46)26(42)17-50-53(47,48)52-23-14-28(39-11-7-27(43)38-29(39)44)51-24(23)16-49-30(45)37-10-9-36/h6-8,11,13,18,21-25,28,41,46H,4-5,9-10,12,14-17,36H2,1-3H3,(H,37,45)(H,47,48)(H,38,43,44)/t18-,21+,22+,23-,24-,25+,28-,31+,32+,33+,34+/m1/s1. The third-order valence-electron chi connectivity index (χ3n) is 12.4. The number of ether oxygens (including phenoxy) is 2. The number of hydrogen-bond acceptors (Lipinski definition) is 13. The van der Waals surface area contributed by atoms with E-state index in [-0.39, 0.29) is 44.6 Å². The highest BCUT2D eigenvalue weighted by Gasteiger charge is 2.75. The molecule has 7 N–H and O–H groups in total. The molecule has 3 saturated carbocycles. The van der Waals surface area contributed by atoms with Crippen LogP contribution < -0.4 is 22.3 Å². The second kappa shape index (κ2) is 14.1. The highest BCUT2D eigenvalue weighted by atomic mass is 31.2. The van der Waals surface area contributed by atoms with Crippen molar-refractivity contribution in [3.05, 3.63) is 56.9 Å².